The molecule has 0 radical (unpaired) electrons. The first-order chi connectivity index (χ1) is 9.25. The fourth-order valence-electron chi connectivity index (χ4n) is 2.27. The highest BCUT2D eigenvalue weighted by atomic mass is 79.9. The van der Waals surface area contributed by atoms with Crippen LogP contribution in [0.3, 0.4) is 0 Å². The minimum atomic E-state index is 0.160. The molecule has 0 unspecified atom stereocenters. The zero-order chi connectivity index (χ0) is 15.1. The van der Waals surface area contributed by atoms with E-state index < -0.39 is 0 Å². The van der Waals surface area contributed by atoms with Gasteiger partial charge in [-0.3, -0.25) is 0 Å². The Labute approximate surface area is 129 Å². The Morgan fingerprint density at radius 1 is 1.30 bits per heavy atom. The molecule has 0 fully saturated rings. The number of aromatic nitrogens is 2. The zero-order valence-electron chi connectivity index (χ0n) is 12.8. The van der Waals surface area contributed by atoms with Gasteiger partial charge in [0.25, 0.3) is 0 Å². The number of hydrogen-bond acceptors (Lipinski definition) is 2. The molecule has 0 saturated heterocycles. The second-order valence-electron chi connectivity index (χ2n) is 6.21. The van der Waals surface area contributed by atoms with E-state index in [1.54, 1.807) is 0 Å². The molecule has 0 bridgehead atoms. The predicted octanol–water partition coefficient (Wildman–Crippen LogP) is 3.91. The molecule has 1 aromatic carbocycles. The van der Waals surface area contributed by atoms with Crippen molar-refractivity contribution in [3.63, 3.8) is 0 Å². The minimum absolute atomic E-state index is 0.160. The first kappa shape index (κ1) is 15.3. The van der Waals surface area contributed by atoms with Crippen molar-refractivity contribution in [2.75, 3.05) is 0 Å². The third kappa shape index (κ3) is 2.67. The van der Waals surface area contributed by atoms with Gasteiger partial charge in [-0.2, -0.15) is 0 Å². The molecule has 1 aromatic heterocycles. The highest BCUT2D eigenvalue weighted by Gasteiger charge is 2.18. The van der Waals surface area contributed by atoms with Gasteiger partial charge in [0, 0.05) is 12.6 Å². The molecule has 0 spiro atoms. The molecule has 0 amide bonds. The van der Waals surface area contributed by atoms with Gasteiger partial charge in [-0.15, -0.1) is 0 Å². The van der Waals surface area contributed by atoms with Crippen LogP contribution >= 0.6 is 15.9 Å². The molecule has 4 heteroatoms. The normalized spacial score (nSPS) is 11.9. The fraction of sp³-hybridized carbons (Fsp3) is 0.438. The molecule has 2 N–H and O–H groups in total. The number of aryl methyl sites for hydroxylation is 1. The molecule has 0 atom stereocenters. The van der Waals surface area contributed by atoms with Crippen LogP contribution in [0.15, 0.2) is 22.8 Å². The largest absolute Gasteiger partial charge is 0.324 e. The van der Waals surface area contributed by atoms with Crippen LogP contribution in [0.25, 0.3) is 11.3 Å². The molecule has 2 rings (SSSR count). The average molecular weight is 336 g/mol. The van der Waals surface area contributed by atoms with E-state index >= 15 is 0 Å². The maximum absolute atomic E-state index is 5.73. The van der Waals surface area contributed by atoms with Crippen LogP contribution in [-0.4, -0.2) is 9.55 Å². The standard InChI is InChI=1S/C16H22BrN3/c1-10-8-11(16(2,3)4)6-7-12(10)14-15(17)20(5)13(9-18)19-14/h6-8H,9,18H2,1-5H3. The van der Waals surface area contributed by atoms with Crippen LogP contribution < -0.4 is 5.73 Å². The van der Waals surface area contributed by atoms with Gasteiger partial charge in [-0.1, -0.05) is 39.0 Å². The first-order valence-electron chi connectivity index (χ1n) is 6.78. The smallest absolute Gasteiger partial charge is 0.123 e. The van der Waals surface area contributed by atoms with Crippen molar-refractivity contribution in [2.24, 2.45) is 12.8 Å². The number of halogens is 1. The molecule has 2 aromatic rings. The molecular formula is C16H22BrN3. The Bertz CT molecular complexity index is 636. The maximum atomic E-state index is 5.73. The third-order valence-electron chi connectivity index (χ3n) is 3.65. The van der Waals surface area contributed by atoms with Crippen LogP contribution in [0.5, 0.6) is 0 Å². The Morgan fingerprint density at radius 2 is 1.95 bits per heavy atom. The second-order valence-corrected chi connectivity index (χ2v) is 6.96. The highest BCUT2D eigenvalue weighted by Crippen LogP contribution is 2.33. The van der Waals surface area contributed by atoms with E-state index in [0.717, 1.165) is 21.7 Å². The van der Waals surface area contributed by atoms with Gasteiger partial charge in [0.05, 0.1) is 6.54 Å². The Kier molecular flexibility index (Phi) is 4.07. The van der Waals surface area contributed by atoms with Crippen molar-refractivity contribution in [1.82, 2.24) is 9.55 Å². The summed E-state index contributed by atoms with van der Waals surface area (Å²) in [5.41, 5.74) is 10.6. The van der Waals surface area contributed by atoms with Crippen LogP contribution in [0.1, 0.15) is 37.7 Å². The SMILES string of the molecule is Cc1cc(C(C)(C)C)ccc1-c1nc(CN)n(C)c1Br. The third-order valence-corrected chi connectivity index (χ3v) is 4.56. The summed E-state index contributed by atoms with van der Waals surface area (Å²) in [6, 6.07) is 6.59. The van der Waals surface area contributed by atoms with Gasteiger partial charge in [0.15, 0.2) is 0 Å². The molecule has 20 heavy (non-hydrogen) atoms. The summed E-state index contributed by atoms with van der Waals surface area (Å²) in [5.74, 6) is 0.881. The number of benzene rings is 1. The van der Waals surface area contributed by atoms with Crippen LogP contribution in [-0.2, 0) is 19.0 Å². The van der Waals surface area contributed by atoms with Crippen molar-refractivity contribution in [1.29, 1.82) is 0 Å². The number of hydrogen-bond donors (Lipinski definition) is 1. The lowest BCUT2D eigenvalue weighted by Gasteiger charge is -2.20. The van der Waals surface area contributed by atoms with Crippen LogP contribution in [0, 0.1) is 6.92 Å². The van der Waals surface area contributed by atoms with Gasteiger partial charge >= 0.3 is 0 Å². The number of nitrogens with two attached hydrogens (primary N) is 1. The molecule has 0 aliphatic rings. The lowest BCUT2D eigenvalue weighted by Crippen LogP contribution is -2.11. The quantitative estimate of drug-likeness (QED) is 0.903. The summed E-state index contributed by atoms with van der Waals surface area (Å²) < 4.78 is 2.97. The van der Waals surface area contributed by atoms with Gasteiger partial charge < -0.3 is 10.3 Å². The minimum Gasteiger partial charge on any atom is -0.324 e. The van der Waals surface area contributed by atoms with Crippen molar-refractivity contribution in [3.8, 4) is 11.3 Å². The van der Waals surface area contributed by atoms with Crippen molar-refractivity contribution >= 4 is 15.9 Å². The predicted molar refractivity (Wildman–Crippen MR) is 87.7 cm³/mol. The summed E-state index contributed by atoms with van der Waals surface area (Å²) in [7, 11) is 1.97. The van der Waals surface area contributed by atoms with E-state index in [-0.39, 0.29) is 5.41 Å². The molecule has 0 saturated carbocycles. The van der Waals surface area contributed by atoms with E-state index in [1.165, 1.54) is 11.1 Å². The fourth-order valence-corrected chi connectivity index (χ4v) is 2.78. The van der Waals surface area contributed by atoms with Crippen molar-refractivity contribution in [2.45, 2.75) is 39.7 Å². The molecule has 1 heterocycles. The number of imidazole rings is 1. The molecule has 108 valence electrons. The topological polar surface area (TPSA) is 43.8 Å². The lowest BCUT2D eigenvalue weighted by atomic mass is 9.85. The zero-order valence-corrected chi connectivity index (χ0v) is 14.4. The van der Waals surface area contributed by atoms with Crippen LogP contribution in [0.4, 0.5) is 0 Å². The Morgan fingerprint density at radius 3 is 2.40 bits per heavy atom. The van der Waals surface area contributed by atoms with E-state index in [1.807, 2.05) is 11.6 Å². The maximum Gasteiger partial charge on any atom is 0.123 e. The van der Waals surface area contributed by atoms with E-state index in [9.17, 15) is 0 Å². The number of rotatable bonds is 2. The van der Waals surface area contributed by atoms with E-state index in [0.29, 0.717) is 6.54 Å². The van der Waals surface area contributed by atoms with Crippen molar-refractivity contribution < 1.29 is 0 Å². The van der Waals surface area contributed by atoms with Gasteiger partial charge in [0.2, 0.25) is 0 Å². The molecular weight excluding hydrogens is 314 g/mol. The van der Waals surface area contributed by atoms with Gasteiger partial charge in [-0.05, 0) is 39.4 Å². The summed E-state index contributed by atoms with van der Waals surface area (Å²) in [5, 5.41) is 0. The Balaban J connectivity index is 2.54. The average Bonchev–Trinajstić information content (AvgIpc) is 2.65. The van der Waals surface area contributed by atoms with E-state index in [4.69, 9.17) is 5.73 Å². The molecule has 3 nitrogen and oxygen atoms in total. The van der Waals surface area contributed by atoms with Crippen molar-refractivity contribution in [3.05, 3.63) is 39.8 Å². The lowest BCUT2D eigenvalue weighted by molar-refractivity contribution is 0.590. The van der Waals surface area contributed by atoms with Gasteiger partial charge in [0.1, 0.15) is 16.1 Å². The highest BCUT2D eigenvalue weighted by molar-refractivity contribution is 9.10. The monoisotopic (exact) mass is 335 g/mol. The van der Waals surface area contributed by atoms with Crippen LogP contribution in [0.2, 0.25) is 0 Å². The first-order valence-corrected chi connectivity index (χ1v) is 7.57. The summed E-state index contributed by atoms with van der Waals surface area (Å²) in [4.78, 5) is 4.64. The van der Waals surface area contributed by atoms with E-state index in [2.05, 4.69) is 66.8 Å². The summed E-state index contributed by atoms with van der Waals surface area (Å²) >= 11 is 3.62. The Hall–Kier alpha value is -1.13. The molecule has 0 aliphatic heterocycles. The molecule has 0 aliphatic carbocycles. The number of nitrogens with zero attached hydrogens (tertiary/aromatic N) is 2. The second kappa shape index (κ2) is 5.34. The summed E-state index contributed by atoms with van der Waals surface area (Å²) in [6.45, 7) is 9.25. The van der Waals surface area contributed by atoms with Gasteiger partial charge in [-0.25, -0.2) is 4.98 Å². The summed E-state index contributed by atoms with van der Waals surface area (Å²) in [6.07, 6.45) is 0.